The van der Waals surface area contributed by atoms with Gasteiger partial charge in [-0.25, -0.2) is 5.43 Å². The van der Waals surface area contributed by atoms with Crippen molar-refractivity contribution in [2.45, 2.75) is 0 Å². The highest BCUT2D eigenvalue weighted by Crippen LogP contribution is 2.14. The average molecular weight is 255 g/mol. The van der Waals surface area contributed by atoms with Crippen LogP contribution in [0.5, 0.6) is 5.75 Å². The third kappa shape index (κ3) is 3.38. The van der Waals surface area contributed by atoms with E-state index in [9.17, 15) is 4.79 Å². The number of aromatic nitrogens is 1. The minimum atomic E-state index is -0.306. The molecule has 0 spiro atoms. The van der Waals surface area contributed by atoms with Crippen molar-refractivity contribution in [3.63, 3.8) is 0 Å². The zero-order valence-corrected chi connectivity index (χ0v) is 10.4. The lowest BCUT2D eigenvalue weighted by Crippen LogP contribution is -2.17. The Balaban J connectivity index is 2.02. The first-order valence-electron chi connectivity index (χ1n) is 5.67. The highest BCUT2D eigenvalue weighted by Gasteiger charge is 2.03. The summed E-state index contributed by atoms with van der Waals surface area (Å²) < 4.78 is 5.17. The number of methoxy groups -OCH3 is 1. The van der Waals surface area contributed by atoms with Crippen LogP contribution in [0.15, 0.2) is 53.9 Å². The number of pyridine rings is 1. The maximum absolute atomic E-state index is 11.7. The fourth-order valence-corrected chi connectivity index (χ4v) is 1.50. The SMILES string of the molecule is COc1ccccc1/C=N/NC(=O)c1cccnc1. The molecule has 5 nitrogen and oxygen atoms in total. The van der Waals surface area contributed by atoms with Crippen molar-refractivity contribution in [3.05, 3.63) is 59.9 Å². The number of carbonyl (C=O) groups is 1. The monoisotopic (exact) mass is 255 g/mol. The Morgan fingerprint density at radius 1 is 1.32 bits per heavy atom. The molecule has 0 aliphatic rings. The van der Waals surface area contributed by atoms with Gasteiger partial charge in [0.2, 0.25) is 0 Å². The zero-order valence-electron chi connectivity index (χ0n) is 10.4. The first-order chi connectivity index (χ1) is 9.31. The second-order valence-electron chi connectivity index (χ2n) is 3.68. The topological polar surface area (TPSA) is 63.6 Å². The lowest BCUT2D eigenvalue weighted by molar-refractivity contribution is 0.0955. The molecule has 0 unspecified atom stereocenters. The maximum atomic E-state index is 11.7. The Morgan fingerprint density at radius 3 is 2.89 bits per heavy atom. The first-order valence-corrected chi connectivity index (χ1v) is 5.67. The summed E-state index contributed by atoms with van der Waals surface area (Å²) in [5, 5.41) is 3.89. The van der Waals surface area contributed by atoms with Gasteiger partial charge in [0.1, 0.15) is 5.75 Å². The molecular formula is C14H13N3O2. The van der Waals surface area contributed by atoms with Gasteiger partial charge in [0, 0.05) is 18.0 Å². The molecule has 0 radical (unpaired) electrons. The Bertz CT molecular complexity index is 582. The van der Waals surface area contributed by atoms with Crippen LogP contribution in [0.25, 0.3) is 0 Å². The fourth-order valence-electron chi connectivity index (χ4n) is 1.50. The summed E-state index contributed by atoms with van der Waals surface area (Å²) >= 11 is 0. The molecule has 1 aromatic carbocycles. The predicted molar refractivity (Wildman–Crippen MR) is 72.3 cm³/mol. The summed E-state index contributed by atoms with van der Waals surface area (Å²) in [5.41, 5.74) is 3.68. The van der Waals surface area contributed by atoms with Crippen LogP contribution in [0, 0.1) is 0 Å². The van der Waals surface area contributed by atoms with E-state index in [0.29, 0.717) is 11.3 Å². The van der Waals surface area contributed by atoms with Gasteiger partial charge < -0.3 is 4.74 Å². The molecule has 0 fully saturated rings. The van der Waals surface area contributed by atoms with E-state index < -0.39 is 0 Å². The third-order valence-corrected chi connectivity index (χ3v) is 2.43. The van der Waals surface area contributed by atoms with Crippen LogP contribution in [0.2, 0.25) is 0 Å². The predicted octanol–water partition coefficient (Wildman–Crippen LogP) is 1.85. The van der Waals surface area contributed by atoms with Gasteiger partial charge in [0.15, 0.2) is 0 Å². The summed E-state index contributed by atoms with van der Waals surface area (Å²) in [6, 6.07) is 10.8. The van der Waals surface area contributed by atoms with Crippen LogP contribution in [-0.4, -0.2) is 24.2 Å². The maximum Gasteiger partial charge on any atom is 0.272 e. The van der Waals surface area contributed by atoms with E-state index in [4.69, 9.17) is 4.74 Å². The number of amides is 1. The minimum Gasteiger partial charge on any atom is -0.496 e. The van der Waals surface area contributed by atoms with Crippen LogP contribution in [0.4, 0.5) is 0 Å². The number of para-hydroxylation sites is 1. The normalized spacial score (nSPS) is 10.4. The largest absolute Gasteiger partial charge is 0.496 e. The summed E-state index contributed by atoms with van der Waals surface area (Å²) in [6.07, 6.45) is 4.62. The molecule has 0 aliphatic heterocycles. The van der Waals surface area contributed by atoms with Gasteiger partial charge in [-0.1, -0.05) is 12.1 Å². The molecule has 1 aromatic heterocycles. The molecule has 0 saturated carbocycles. The van der Waals surface area contributed by atoms with E-state index in [1.165, 1.54) is 12.4 Å². The van der Waals surface area contributed by atoms with Crippen LogP contribution in [0.3, 0.4) is 0 Å². The Morgan fingerprint density at radius 2 is 2.16 bits per heavy atom. The van der Waals surface area contributed by atoms with Crippen molar-refractivity contribution in [1.29, 1.82) is 0 Å². The summed E-state index contributed by atoms with van der Waals surface area (Å²) in [6.45, 7) is 0. The van der Waals surface area contributed by atoms with Gasteiger partial charge >= 0.3 is 0 Å². The highest BCUT2D eigenvalue weighted by atomic mass is 16.5. The number of hydrogen-bond acceptors (Lipinski definition) is 4. The van der Waals surface area contributed by atoms with Crippen LogP contribution < -0.4 is 10.2 Å². The molecule has 1 N–H and O–H groups in total. The van der Waals surface area contributed by atoms with E-state index in [-0.39, 0.29) is 5.91 Å². The fraction of sp³-hybridized carbons (Fsp3) is 0.0714. The molecule has 0 aliphatic carbocycles. The van der Waals surface area contributed by atoms with E-state index in [0.717, 1.165) is 5.56 Å². The van der Waals surface area contributed by atoms with E-state index in [1.807, 2.05) is 24.3 Å². The van der Waals surface area contributed by atoms with Crippen LogP contribution in [-0.2, 0) is 0 Å². The van der Waals surface area contributed by atoms with Crippen molar-refractivity contribution in [1.82, 2.24) is 10.4 Å². The van der Waals surface area contributed by atoms with E-state index in [2.05, 4.69) is 15.5 Å². The van der Waals surface area contributed by atoms with E-state index in [1.54, 1.807) is 25.4 Å². The first kappa shape index (κ1) is 12.8. The zero-order chi connectivity index (χ0) is 13.5. The summed E-state index contributed by atoms with van der Waals surface area (Å²) in [5.74, 6) is 0.390. The molecule has 2 rings (SSSR count). The van der Waals surface area contributed by atoms with Gasteiger partial charge in [-0.05, 0) is 24.3 Å². The Kier molecular flexibility index (Phi) is 4.23. The number of ether oxygens (including phenoxy) is 1. The third-order valence-electron chi connectivity index (χ3n) is 2.43. The molecule has 1 amide bonds. The Hall–Kier alpha value is -2.69. The second kappa shape index (κ2) is 6.30. The molecule has 19 heavy (non-hydrogen) atoms. The molecule has 2 aromatic rings. The molecule has 0 atom stereocenters. The summed E-state index contributed by atoms with van der Waals surface area (Å²) in [4.78, 5) is 15.6. The number of carbonyl (C=O) groups excluding carboxylic acids is 1. The van der Waals surface area contributed by atoms with Gasteiger partial charge in [-0.3, -0.25) is 9.78 Å². The number of rotatable bonds is 4. The number of hydrogen-bond donors (Lipinski definition) is 1. The number of hydrazone groups is 1. The number of nitrogens with zero attached hydrogens (tertiary/aromatic N) is 2. The number of benzene rings is 1. The standard InChI is InChI=1S/C14H13N3O2/c1-19-13-7-3-2-5-11(13)10-16-17-14(18)12-6-4-8-15-9-12/h2-10H,1H3,(H,17,18)/b16-10+. The molecule has 1 heterocycles. The average Bonchev–Trinajstić information content (AvgIpc) is 2.48. The smallest absolute Gasteiger partial charge is 0.272 e. The second-order valence-corrected chi connectivity index (χ2v) is 3.68. The lowest BCUT2D eigenvalue weighted by Gasteiger charge is -2.03. The minimum absolute atomic E-state index is 0.306. The van der Waals surface area contributed by atoms with Gasteiger partial charge in [0.25, 0.3) is 5.91 Å². The van der Waals surface area contributed by atoms with Crippen molar-refractivity contribution < 1.29 is 9.53 Å². The van der Waals surface area contributed by atoms with Gasteiger partial charge in [0.05, 0.1) is 18.9 Å². The van der Waals surface area contributed by atoms with E-state index >= 15 is 0 Å². The van der Waals surface area contributed by atoms with Crippen molar-refractivity contribution >= 4 is 12.1 Å². The van der Waals surface area contributed by atoms with Crippen molar-refractivity contribution in [2.24, 2.45) is 5.10 Å². The molecule has 0 bridgehead atoms. The lowest BCUT2D eigenvalue weighted by atomic mass is 10.2. The van der Waals surface area contributed by atoms with Gasteiger partial charge in [-0.15, -0.1) is 0 Å². The molecular weight excluding hydrogens is 242 g/mol. The molecule has 5 heteroatoms. The molecule has 96 valence electrons. The summed E-state index contributed by atoms with van der Waals surface area (Å²) in [7, 11) is 1.58. The highest BCUT2D eigenvalue weighted by molar-refractivity contribution is 5.94. The number of nitrogens with one attached hydrogen (secondary N) is 1. The quantitative estimate of drug-likeness (QED) is 0.670. The van der Waals surface area contributed by atoms with Crippen LogP contribution >= 0.6 is 0 Å². The van der Waals surface area contributed by atoms with Crippen molar-refractivity contribution in [2.75, 3.05) is 7.11 Å². The Labute approximate surface area is 110 Å². The van der Waals surface area contributed by atoms with Crippen LogP contribution in [0.1, 0.15) is 15.9 Å². The molecule has 0 saturated heterocycles. The van der Waals surface area contributed by atoms with Gasteiger partial charge in [-0.2, -0.15) is 5.10 Å². The van der Waals surface area contributed by atoms with Crippen molar-refractivity contribution in [3.8, 4) is 5.75 Å².